The molecular weight excluding hydrogens is 272 g/mol. The number of aromatic nitrogens is 1. The highest BCUT2D eigenvalue weighted by molar-refractivity contribution is 6.30. The fourth-order valence-corrected chi connectivity index (χ4v) is 2.39. The second kappa shape index (κ2) is 6.73. The number of rotatable bonds is 5. The molecule has 1 aromatic heterocycles. The number of hydrogen-bond acceptors (Lipinski definition) is 3. The standard InChI is InChI=1S/C16H19ClN2O/c1-4-18-10-13-6-5-7-19-16(13)20-15-11(2)8-14(17)9-12(15)3/h5-9,18H,4,10H2,1-3H3. The van der Waals surface area contributed by atoms with Gasteiger partial charge in [-0.05, 0) is 49.7 Å². The lowest BCUT2D eigenvalue weighted by atomic mass is 10.1. The van der Waals surface area contributed by atoms with Crippen molar-refractivity contribution in [3.63, 3.8) is 0 Å². The minimum atomic E-state index is 0.641. The van der Waals surface area contributed by atoms with Crippen molar-refractivity contribution in [1.29, 1.82) is 0 Å². The summed E-state index contributed by atoms with van der Waals surface area (Å²) in [5.41, 5.74) is 3.06. The Labute approximate surface area is 124 Å². The van der Waals surface area contributed by atoms with Gasteiger partial charge in [0.15, 0.2) is 0 Å². The van der Waals surface area contributed by atoms with E-state index in [1.54, 1.807) is 6.20 Å². The fourth-order valence-electron chi connectivity index (χ4n) is 2.07. The van der Waals surface area contributed by atoms with E-state index >= 15 is 0 Å². The Bertz CT molecular complexity index is 576. The molecule has 2 aromatic rings. The molecule has 0 aliphatic rings. The van der Waals surface area contributed by atoms with Gasteiger partial charge in [-0.2, -0.15) is 0 Å². The molecule has 0 spiro atoms. The number of ether oxygens (including phenoxy) is 1. The van der Waals surface area contributed by atoms with Gasteiger partial charge in [0.1, 0.15) is 5.75 Å². The highest BCUT2D eigenvalue weighted by Gasteiger charge is 2.10. The molecule has 3 nitrogen and oxygen atoms in total. The molecule has 0 unspecified atom stereocenters. The van der Waals surface area contributed by atoms with Crippen LogP contribution in [0.1, 0.15) is 23.6 Å². The second-order valence-electron chi connectivity index (χ2n) is 4.72. The monoisotopic (exact) mass is 290 g/mol. The molecule has 0 aliphatic heterocycles. The fraction of sp³-hybridized carbons (Fsp3) is 0.312. The molecule has 0 amide bonds. The van der Waals surface area contributed by atoms with Gasteiger partial charge in [-0.25, -0.2) is 4.98 Å². The van der Waals surface area contributed by atoms with Gasteiger partial charge in [0.05, 0.1) is 0 Å². The van der Waals surface area contributed by atoms with Crippen molar-refractivity contribution >= 4 is 11.6 Å². The summed E-state index contributed by atoms with van der Waals surface area (Å²) in [6.45, 7) is 7.70. The van der Waals surface area contributed by atoms with Crippen molar-refractivity contribution < 1.29 is 4.74 Å². The van der Waals surface area contributed by atoms with Crippen LogP contribution in [0.4, 0.5) is 0 Å². The smallest absolute Gasteiger partial charge is 0.223 e. The van der Waals surface area contributed by atoms with Crippen molar-refractivity contribution in [2.45, 2.75) is 27.3 Å². The third-order valence-electron chi connectivity index (χ3n) is 3.04. The first kappa shape index (κ1) is 14.8. The van der Waals surface area contributed by atoms with E-state index in [9.17, 15) is 0 Å². The molecule has 0 saturated heterocycles. The van der Waals surface area contributed by atoms with Crippen LogP contribution in [0.2, 0.25) is 5.02 Å². The maximum Gasteiger partial charge on any atom is 0.223 e. The zero-order valence-electron chi connectivity index (χ0n) is 12.0. The first-order chi connectivity index (χ1) is 9.61. The van der Waals surface area contributed by atoms with E-state index in [1.807, 2.05) is 38.1 Å². The quantitative estimate of drug-likeness (QED) is 0.894. The number of nitrogens with one attached hydrogen (secondary N) is 1. The number of nitrogens with zero attached hydrogens (tertiary/aromatic N) is 1. The van der Waals surface area contributed by atoms with Crippen LogP contribution in [0.25, 0.3) is 0 Å². The first-order valence-corrected chi connectivity index (χ1v) is 7.08. The van der Waals surface area contributed by atoms with Gasteiger partial charge in [-0.3, -0.25) is 0 Å². The Morgan fingerprint density at radius 3 is 2.60 bits per heavy atom. The van der Waals surface area contributed by atoms with Crippen LogP contribution in [0, 0.1) is 13.8 Å². The molecule has 1 N–H and O–H groups in total. The molecule has 106 valence electrons. The summed E-state index contributed by atoms with van der Waals surface area (Å²) < 4.78 is 6.01. The third-order valence-corrected chi connectivity index (χ3v) is 3.26. The molecule has 1 heterocycles. The molecule has 0 saturated carbocycles. The van der Waals surface area contributed by atoms with Gasteiger partial charge in [0.2, 0.25) is 5.88 Å². The summed E-state index contributed by atoms with van der Waals surface area (Å²) >= 11 is 6.04. The van der Waals surface area contributed by atoms with E-state index in [0.717, 1.165) is 40.6 Å². The normalized spacial score (nSPS) is 10.6. The third kappa shape index (κ3) is 3.50. The summed E-state index contributed by atoms with van der Waals surface area (Å²) in [5.74, 6) is 1.47. The van der Waals surface area contributed by atoms with E-state index in [0.29, 0.717) is 5.88 Å². The lowest BCUT2D eigenvalue weighted by molar-refractivity contribution is 0.447. The van der Waals surface area contributed by atoms with Crippen LogP contribution in [0.5, 0.6) is 11.6 Å². The van der Waals surface area contributed by atoms with E-state index < -0.39 is 0 Å². The summed E-state index contributed by atoms with van der Waals surface area (Å²) in [7, 11) is 0. The van der Waals surface area contributed by atoms with Crippen LogP contribution in [-0.4, -0.2) is 11.5 Å². The van der Waals surface area contributed by atoms with Crippen molar-refractivity contribution in [3.05, 3.63) is 52.2 Å². The van der Waals surface area contributed by atoms with Crippen molar-refractivity contribution in [3.8, 4) is 11.6 Å². The van der Waals surface area contributed by atoms with Gasteiger partial charge < -0.3 is 10.1 Å². The summed E-state index contributed by atoms with van der Waals surface area (Å²) in [4.78, 5) is 4.34. The summed E-state index contributed by atoms with van der Waals surface area (Å²) in [6.07, 6.45) is 1.74. The van der Waals surface area contributed by atoms with Crippen LogP contribution >= 0.6 is 11.6 Å². The van der Waals surface area contributed by atoms with Gasteiger partial charge >= 0.3 is 0 Å². The minimum absolute atomic E-state index is 0.641. The Hall–Kier alpha value is -1.58. The average molecular weight is 291 g/mol. The van der Waals surface area contributed by atoms with Crippen LogP contribution < -0.4 is 10.1 Å². The topological polar surface area (TPSA) is 34.2 Å². The Morgan fingerprint density at radius 2 is 1.95 bits per heavy atom. The number of halogens is 1. The summed E-state index contributed by atoms with van der Waals surface area (Å²) in [5, 5.41) is 4.01. The number of benzene rings is 1. The lowest BCUT2D eigenvalue weighted by Crippen LogP contribution is -2.12. The van der Waals surface area contributed by atoms with Crippen LogP contribution in [0.15, 0.2) is 30.5 Å². The molecule has 20 heavy (non-hydrogen) atoms. The van der Waals surface area contributed by atoms with E-state index in [4.69, 9.17) is 16.3 Å². The molecule has 1 aromatic carbocycles. The largest absolute Gasteiger partial charge is 0.438 e. The number of pyridine rings is 1. The van der Waals surface area contributed by atoms with Crippen LogP contribution in [0.3, 0.4) is 0 Å². The number of hydrogen-bond donors (Lipinski definition) is 1. The van der Waals surface area contributed by atoms with E-state index in [-0.39, 0.29) is 0 Å². The van der Waals surface area contributed by atoms with Crippen LogP contribution in [-0.2, 0) is 6.54 Å². The zero-order chi connectivity index (χ0) is 14.5. The molecule has 0 aliphatic carbocycles. The first-order valence-electron chi connectivity index (χ1n) is 6.71. The van der Waals surface area contributed by atoms with Crippen molar-refractivity contribution in [2.75, 3.05) is 6.54 Å². The summed E-state index contributed by atoms with van der Waals surface area (Å²) in [6, 6.07) is 7.74. The van der Waals surface area contributed by atoms with Gasteiger partial charge in [-0.15, -0.1) is 0 Å². The highest BCUT2D eigenvalue weighted by atomic mass is 35.5. The van der Waals surface area contributed by atoms with Crippen molar-refractivity contribution in [2.24, 2.45) is 0 Å². The van der Waals surface area contributed by atoms with E-state index in [1.165, 1.54) is 0 Å². The van der Waals surface area contributed by atoms with Gasteiger partial charge in [0.25, 0.3) is 0 Å². The van der Waals surface area contributed by atoms with E-state index in [2.05, 4.69) is 17.2 Å². The Balaban J connectivity index is 2.30. The van der Waals surface area contributed by atoms with Crippen molar-refractivity contribution in [1.82, 2.24) is 10.3 Å². The maximum atomic E-state index is 6.04. The Kier molecular flexibility index (Phi) is 4.99. The number of aryl methyl sites for hydroxylation is 2. The molecule has 0 radical (unpaired) electrons. The predicted molar refractivity (Wildman–Crippen MR) is 82.6 cm³/mol. The molecule has 0 fully saturated rings. The molecule has 0 bridgehead atoms. The maximum absolute atomic E-state index is 6.04. The average Bonchev–Trinajstić information content (AvgIpc) is 2.41. The SMILES string of the molecule is CCNCc1cccnc1Oc1c(C)cc(Cl)cc1C. The Morgan fingerprint density at radius 1 is 1.25 bits per heavy atom. The lowest BCUT2D eigenvalue weighted by Gasteiger charge is -2.14. The molecule has 4 heteroatoms. The molecule has 0 atom stereocenters. The minimum Gasteiger partial charge on any atom is -0.438 e. The second-order valence-corrected chi connectivity index (χ2v) is 5.16. The van der Waals surface area contributed by atoms with Gasteiger partial charge in [-0.1, -0.05) is 24.6 Å². The van der Waals surface area contributed by atoms with Gasteiger partial charge in [0, 0.05) is 23.3 Å². The predicted octanol–water partition coefficient (Wildman–Crippen LogP) is 4.25. The molecular formula is C16H19ClN2O. The highest BCUT2D eigenvalue weighted by Crippen LogP contribution is 2.31. The molecule has 2 rings (SSSR count). The zero-order valence-corrected chi connectivity index (χ0v) is 12.8.